The Kier molecular flexibility index (Phi) is 10.5. The number of ether oxygens (including phenoxy) is 2. The quantitative estimate of drug-likeness (QED) is 0.178. The molecule has 3 aliphatic heterocycles. The summed E-state index contributed by atoms with van der Waals surface area (Å²) in [5, 5.41) is 12.7. The summed E-state index contributed by atoms with van der Waals surface area (Å²) in [5.41, 5.74) is -0.837. The van der Waals surface area contributed by atoms with Crippen molar-refractivity contribution in [3.8, 4) is 0 Å². The zero-order chi connectivity index (χ0) is 30.6. The number of hydrogen-bond acceptors (Lipinski definition) is 7. The van der Waals surface area contributed by atoms with E-state index in [1.54, 1.807) is 43.3 Å². The number of nitrogens with one attached hydrogen (secondary N) is 1. The van der Waals surface area contributed by atoms with Crippen LogP contribution in [0.5, 0.6) is 0 Å². The number of alkyl halides is 1. The number of likely N-dealkylation sites (tertiary alicyclic amines) is 1. The number of carbonyl (C=O) groups is 4. The number of esters is 1. The van der Waals surface area contributed by atoms with Gasteiger partial charge in [0, 0.05) is 30.9 Å². The van der Waals surface area contributed by atoms with E-state index in [4.69, 9.17) is 21.1 Å². The van der Waals surface area contributed by atoms with Crippen LogP contribution >= 0.6 is 27.5 Å². The van der Waals surface area contributed by atoms with Crippen LogP contribution in [0.2, 0.25) is 5.02 Å². The minimum absolute atomic E-state index is 0.102. The Labute approximate surface area is 259 Å². The van der Waals surface area contributed by atoms with Crippen molar-refractivity contribution in [2.75, 3.05) is 31.1 Å². The van der Waals surface area contributed by atoms with E-state index in [1.807, 2.05) is 0 Å². The molecule has 42 heavy (non-hydrogen) atoms. The number of aliphatic hydroxyl groups is 1. The molecule has 3 heterocycles. The van der Waals surface area contributed by atoms with Crippen LogP contribution in [-0.2, 0) is 28.7 Å². The van der Waals surface area contributed by atoms with Gasteiger partial charge in [0.1, 0.15) is 17.7 Å². The Morgan fingerprint density at radius 1 is 1.33 bits per heavy atom. The fraction of sp³-hybridized carbons (Fsp3) is 0.533. The number of aliphatic hydroxyl groups excluding tert-OH is 1. The van der Waals surface area contributed by atoms with Crippen molar-refractivity contribution in [2.24, 2.45) is 11.8 Å². The maximum atomic E-state index is 14.4. The van der Waals surface area contributed by atoms with Crippen LogP contribution in [0.3, 0.4) is 0 Å². The average molecular weight is 667 g/mol. The SMILES string of the molecule is C=CCCC(=O)NC[C@H](C)OC(=O)[C@H]1[C@@H]2O[C@@]3(CC2Br)[C@@H]1C(=O)N(CCCO)[C@@H]3C(=O)N(CC=C)c1ccccc1Cl. The van der Waals surface area contributed by atoms with Gasteiger partial charge in [0.05, 0.1) is 35.2 Å². The van der Waals surface area contributed by atoms with Crippen LogP contribution in [0.4, 0.5) is 5.69 Å². The summed E-state index contributed by atoms with van der Waals surface area (Å²) < 4.78 is 12.2. The van der Waals surface area contributed by atoms with Gasteiger partial charge in [-0.15, -0.1) is 13.2 Å². The third kappa shape index (κ3) is 6.02. The average Bonchev–Trinajstić information content (AvgIpc) is 3.55. The molecule has 4 rings (SSSR count). The molecule has 10 nitrogen and oxygen atoms in total. The molecule has 3 amide bonds. The van der Waals surface area contributed by atoms with Gasteiger partial charge in [-0.1, -0.05) is 51.8 Å². The lowest BCUT2D eigenvalue weighted by Crippen LogP contribution is -2.57. The Bertz CT molecular complexity index is 1230. The number of anilines is 1. The molecule has 2 N–H and O–H groups in total. The summed E-state index contributed by atoms with van der Waals surface area (Å²) in [7, 11) is 0. The Morgan fingerprint density at radius 2 is 2.07 bits per heavy atom. The van der Waals surface area contributed by atoms with E-state index in [2.05, 4.69) is 34.4 Å². The molecule has 3 saturated heterocycles. The molecule has 0 saturated carbocycles. The van der Waals surface area contributed by atoms with E-state index in [9.17, 15) is 24.3 Å². The van der Waals surface area contributed by atoms with Gasteiger partial charge in [-0.05, 0) is 38.3 Å². The molecule has 3 fully saturated rings. The summed E-state index contributed by atoms with van der Waals surface area (Å²) in [6.07, 6.45) is 3.25. The second kappa shape index (κ2) is 13.7. The smallest absolute Gasteiger partial charge is 0.312 e. The van der Waals surface area contributed by atoms with Crippen LogP contribution in [0.25, 0.3) is 0 Å². The Morgan fingerprint density at radius 3 is 2.74 bits per heavy atom. The van der Waals surface area contributed by atoms with Gasteiger partial charge in [-0.25, -0.2) is 0 Å². The first-order valence-electron chi connectivity index (χ1n) is 14.1. The van der Waals surface area contributed by atoms with E-state index in [0.717, 1.165) is 0 Å². The Balaban J connectivity index is 1.63. The van der Waals surface area contributed by atoms with Gasteiger partial charge in [-0.3, -0.25) is 19.2 Å². The van der Waals surface area contributed by atoms with Crippen molar-refractivity contribution < 1.29 is 33.8 Å². The highest BCUT2D eigenvalue weighted by molar-refractivity contribution is 9.09. The highest BCUT2D eigenvalue weighted by atomic mass is 79.9. The van der Waals surface area contributed by atoms with Crippen molar-refractivity contribution >= 4 is 56.9 Å². The minimum atomic E-state index is -1.30. The maximum absolute atomic E-state index is 14.4. The van der Waals surface area contributed by atoms with Crippen molar-refractivity contribution in [1.82, 2.24) is 10.2 Å². The fourth-order valence-electron chi connectivity index (χ4n) is 6.31. The predicted octanol–water partition coefficient (Wildman–Crippen LogP) is 3.00. The molecule has 7 atom stereocenters. The minimum Gasteiger partial charge on any atom is -0.460 e. The molecular formula is C30H37BrClN3O7. The number of nitrogens with zero attached hydrogens (tertiary/aromatic N) is 2. The zero-order valence-corrected chi connectivity index (χ0v) is 25.9. The largest absolute Gasteiger partial charge is 0.460 e. The number of carbonyl (C=O) groups excluding carboxylic acids is 4. The van der Waals surface area contributed by atoms with Crippen LogP contribution in [0, 0.1) is 11.8 Å². The standard InChI is InChI=1S/C30H37BrClN3O7/c1-4-6-12-22(37)33-17-18(3)41-29(40)23-24-27(38)35(14-9-15-36)26(30(24)16-19(31)25(23)42-30)28(39)34(13-5-2)21-11-8-7-10-20(21)32/h4-5,7-8,10-11,18-19,23-26,36H,1-2,6,9,12-17H2,3H3,(H,33,37)/t18-,19?,23+,24-,25+,26+,30-/m0/s1. The number of rotatable bonds is 14. The van der Waals surface area contributed by atoms with Gasteiger partial charge in [-0.2, -0.15) is 0 Å². The molecule has 12 heteroatoms. The highest BCUT2D eigenvalue weighted by Gasteiger charge is 2.77. The van der Waals surface area contributed by atoms with E-state index >= 15 is 0 Å². The topological polar surface area (TPSA) is 125 Å². The van der Waals surface area contributed by atoms with Gasteiger partial charge >= 0.3 is 5.97 Å². The number of para-hydroxylation sites is 1. The van der Waals surface area contributed by atoms with Crippen LogP contribution < -0.4 is 10.2 Å². The van der Waals surface area contributed by atoms with Gasteiger partial charge in [0.25, 0.3) is 5.91 Å². The maximum Gasteiger partial charge on any atom is 0.312 e. The lowest BCUT2D eigenvalue weighted by Gasteiger charge is -2.37. The van der Waals surface area contributed by atoms with E-state index in [0.29, 0.717) is 23.6 Å². The predicted molar refractivity (Wildman–Crippen MR) is 161 cm³/mol. The highest BCUT2D eigenvalue weighted by Crippen LogP contribution is 2.60. The van der Waals surface area contributed by atoms with E-state index in [1.165, 1.54) is 9.80 Å². The first-order chi connectivity index (χ1) is 20.1. The lowest BCUT2D eigenvalue weighted by molar-refractivity contribution is -0.159. The molecule has 1 aromatic rings. The summed E-state index contributed by atoms with van der Waals surface area (Å²) in [6, 6.07) is 5.83. The number of hydrogen-bond donors (Lipinski definition) is 2. The second-order valence-electron chi connectivity index (χ2n) is 10.8. The number of halogens is 2. The van der Waals surface area contributed by atoms with Crippen LogP contribution in [0.15, 0.2) is 49.6 Å². The first kappa shape index (κ1) is 32.2. The first-order valence-corrected chi connectivity index (χ1v) is 15.4. The third-order valence-corrected chi connectivity index (χ3v) is 9.22. The molecule has 0 aliphatic carbocycles. The van der Waals surface area contributed by atoms with Crippen molar-refractivity contribution in [2.45, 2.75) is 61.3 Å². The Hall–Kier alpha value is -2.73. The lowest BCUT2D eigenvalue weighted by atomic mass is 9.70. The summed E-state index contributed by atoms with van der Waals surface area (Å²) in [6.45, 7) is 9.21. The van der Waals surface area contributed by atoms with Gasteiger partial charge in [0.2, 0.25) is 11.8 Å². The fourth-order valence-corrected chi connectivity index (χ4v) is 7.49. The number of benzene rings is 1. The summed E-state index contributed by atoms with van der Waals surface area (Å²) in [4.78, 5) is 56.7. The zero-order valence-electron chi connectivity index (χ0n) is 23.5. The third-order valence-electron chi connectivity index (χ3n) is 8.05. The van der Waals surface area contributed by atoms with Crippen molar-refractivity contribution in [3.63, 3.8) is 0 Å². The molecule has 3 aliphatic rings. The molecule has 1 spiro atoms. The normalized spacial score (nSPS) is 28.2. The number of amides is 3. The van der Waals surface area contributed by atoms with Gasteiger partial charge < -0.3 is 29.7 Å². The molecule has 0 aromatic heterocycles. The number of allylic oxidation sites excluding steroid dienone is 1. The van der Waals surface area contributed by atoms with Gasteiger partial charge in [0.15, 0.2) is 0 Å². The van der Waals surface area contributed by atoms with E-state index in [-0.39, 0.29) is 49.8 Å². The van der Waals surface area contributed by atoms with E-state index < -0.39 is 53.5 Å². The summed E-state index contributed by atoms with van der Waals surface area (Å²) >= 11 is 10.1. The monoisotopic (exact) mass is 665 g/mol. The summed E-state index contributed by atoms with van der Waals surface area (Å²) in [5.74, 6) is -3.54. The molecule has 1 aromatic carbocycles. The van der Waals surface area contributed by atoms with Crippen molar-refractivity contribution in [3.05, 3.63) is 54.6 Å². The molecule has 0 radical (unpaired) electrons. The van der Waals surface area contributed by atoms with Crippen molar-refractivity contribution in [1.29, 1.82) is 0 Å². The molecular weight excluding hydrogens is 630 g/mol. The molecule has 2 bridgehead atoms. The molecule has 228 valence electrons. The van der Waals surface area contributed by atoms with Crippen LogP contribution in [0.1, 0.15) is 32.6 Å². The second-order valence-corrected chi connectivity index (χ2v) is 12.4. The van der Waals surface area contributed by atoms with Crippen LogP contribution in [-0.4, -0.2) is 88.6 Å². The molecule has 1 unspecified atom stereocenters. The number of fused-ring (bicyclic) bond motifs is 1.